The summed E-state index contributed by atoms with van der Waals surface area (Å²) in [6, 6.07) is 7.91. The average Bonchev–Trinajstić information content (AvgIpc) is 3.05. The third-order valence-corrected chi connectivity index (χ3v) is 8.76. The molecule has 2 aromatic carbocycles. The number of alkyl halides is 3. The van der Waals surface area contributed by atoms with E-state index in [-0.39, 0.29) is 15.8 Å². The van der Waals surface area contributed by atoms with Crippen LogP contribution in [0, 0.1) is 0 Å². The van der Waals surface area contributed by atoms with Crippen LogP contribution in [-0.2, 0) is 22.6 Å². The number of aryl methyl sites for hydroxylation is 1. The van der Waals surface area contributed by atoms with E-state index < -0.39 is 31.8 Å². The maximum absolute atomic E-state index is 13.1. The van der Waals surface area contributed by atoms with Gasteiger partial charge in [-0.05, 0) is 60.6 Å². The highest BCUT2D eigenvalue weighted by Gasteiger charge is 2.34. The van der Waals surface area contributed by atoms with E-state index in [9.17, 15) is 21.6 Å². The van der Waals surface area contributed by atoms with Gasteiger partial charge in [0.2, 0.25) is 0 Å². The molecule has 0 unspecified atom stereocenters. The molecule has 0 radical (unpaired) electrons. The molecule has 6 nitrogen and oxygen atoms in total. The van der Waals surface area contributed by atoms with E-state index >= 15 is 0 Å². The van der Waals surface area contributed by atoms with Crippen molar-refractivity contribution in [3.8, 4) is 11.5 Å². The quantitative estimate of drug-likeness (QED) is 0.656. The van der Waals surface area contributed by atoms with Gasteiger partial charge >= 0.3 is 6.18 Å². The van der Waals surface area contributed by atoms with Crippen LogP contribution >= 0.6 is 10.0 Å². The van der Waals surface area contributed by atoms with Gasteiger partial charge < -0.3 is 14.8 Å². The summed E-state index contributed by atoms with van der Waals surface area (Å²) in [6.45, 7) is 0.534. The minimum atomic E-state index is -4.51. The van der Waals surface area contributed by atoms with E-state index in [2.05, 4.69) is 9.71 Å². The maximum atomic E-state index is 13.1. The summed E-state index contributed by atoms with van der Waals surface area (Å²) in [5.41, 5.74) is 0.953. The van der Waals surface area contributed by atoms with Gasteiger partial charge in [-0.1, -0.05) is 6.07 Å². The number of rotatable bonds is 4. The fourth-order valence-corrected chi connectivity index (χ4v) is 6.80. The van der Waals surface area contributed by atoms with Crippen molar-refractivity contribution in [1.29, 1.82) is 0 Å². The number of hydrogen-bond donors (Lipinski definition) is 1. The van der Waals surface area contributed by atoms with Gasteiger partial charge in [-0.3, -0.25) is 0 Å². The third-order valence-electron chi connectivity index (χ3n) is 5.36. The Balaban J connectivity index is 1.67. The molecule has 0 atom stereocenters. The third kappa shape index (κ3) is 4.70. The molecule has 2 aliphatic heterocycles. The Kier molecular flexibility index (Phi) is 5.90. The van der Waals surface area contributed by atoms with Gasteiger partial charge in [0, 0.05) is 11.6 Å². The van der Waals surface area contributed by atoms with Crippen molar-refractivity contribution in [3.63, 3.8) is 0 Å². The Morgan fingerprint density at radius 1 is 1.15 bits per heavy atom. The van der Waals surface area contributed by atoms with Crippen molar-refractivity contribution >= 4 is 30.9 Å². The average molecular weight is 501 g/mol. The minimum absolute atomic E-state index is 0.0215. The number of nitrogens with one attached hydrogen (secondary N) is 1. The predicted molar refractivity (Wildman–Crippen MR) is 123 cm³/mol. The molecule has 0 saturated carbocycles. The highest BCUT2D eigenvalue weighted by Crippen LogP contribution is 2.50. The van der Waals surface area contributed by atoms with Gasteiger partial charge in [-0.25, -0.2) is 0 Å². The molecule has 4 rings (SSSR count). The Labute approximate surface area is 191 Å². The molecular weight excluding hydrogens is 477 g/mol. The largest absolute Gasteiger partial charge is 0.496 e. The molecule has 1 N–H and O–H groups in total. The van der Waals surface area contributed by atoms with Crippen LogP contribution in [0.4, 0.5) is 13.2 Å². The number of halogens is 3. The van der Waals surface area contributed by atoms with E-state index in [0.717, 1.165) is 30.5 Å². The highest BCUT2D eigenvalue weighted by molar-refractivity contribution is 8.47. The van der Waals surface area contributed by atoms with Crippen LogP contribution in [0.5, 0.6) is 11.5 Å². The number of amidine groups is 1. The molecule has 2 aromatic rings. The van der Waals surface area contributed by atoms with E-state index in [0.29, 0.717) is 23.6 Å². The first-order chi connectivity index (χ1) is 15.4. The molecule has 11 heteroatoms. The zero-order valence-electron chi connectivity index (χ0n) is 18.2. The van der Waals surface area contributed by atoms with Crippen LogP contribution in [-0.4, -0.2) is 39.8 Å². The van der Waals surface area contributed by atoms with Crippen molar-refractivity contribution in [3.05, 3.63) is 58.5 Å². The minimum Gasteiger partial charge on any atom is -0.496 e. The van der Waals surface area contributed by atoms with Crippen LogP contribution < -0.4 is 14.8 Å². The predicted octanol–water partition coefficient (Wildman–Crippen LogP) is 4.75. The van der Waals surface area contributed by atoms with Gasteiger partial charge in [0.05, 0.1) is 29.9 Å². The summed E-state index contributed by atoms with van der Waals surface area (Å²) in [4.78, 5) is 0.0215. The lowest BCUT2D eigenvalue weighted by Crippen LogP contribution is -2.21. The lowest BCUT2D eigenvalue weighted by Gasteiger charge is -2.22. The molecule has 0 amide bonds. The molecular formula is C22H23F3N2O4S2. The zero-order valence-corrected chi connectivity index (χ0v) is 19.8. The second kappa shape index (κ2) is 8.28. The number of sulfonamides is 1. The van der Waals surface area contributed by atoms with E-state index in [1.165, 1.54) is 25.3 Å². The number of methoxy groups -OCH3 is 1. The molecule has 2 aliphatic rings. The summed E-state index contributed by atoms with van der Waals surface area (Å²) >= 11 is 0. The fraction of sp³-hybridized carbons (Fsp3) is 0.318. The Bertz CT molecular complexity index is 1270. The van der Waals surface area contributed by atoms with Gasteiger partial charge in [0.15, 0.2) is 5.17 Å². The van der Waals surface area contributed by atoms with Crippen molar-refractivity contribution < 1.29 is 31.1 Å². The van der Waals surface area contributed by atoms with Gasteiger partial charge in [0.1, 0.15) is 11.5 Å². The van der Waals surface area contributed by atoms with Gasteiger partial charge in [-0.2, -0.15) is 31.6 Å². The smallest absolute Gasteiger partial charge is 0.416 e. The monoisotopic (exact) mass is 500 g/mol. The number of hydrogen-bond acceptors (Lipinski definition) is 4. The molecule has 0 bridgehead atoms. The number of nitrogens with zero attached hydrogens (tertiary/aromatic N) is 1. The molecule has 2 heterocycles. The first-order valence-corrected chi connectivity index (χ1v) is 13.9. The Morgan fingerprint density at radius 3 is 2.61 bits per heavy atom. The Morgan fingerprint density at radius 2 is 1.91 bits per heavy atom. The van der Waals surface area contributed by atoms with Crippen molar-refractivity contribution in [2.45, 2.75) is 23.9 Å². The first-order valence-electron chi connectivity index (χ1n) is 9.99. The second-order valence-corrected chi connectivity index (χ2v) is 13.1. The molecule has 33 heavy (non-hydrogen) atoms. The van der Waals surface area contributed by atoms with E-state index in [4.69, 9.17) is 9.47 Å². The van der Waals surface area contributed by atoms with Gasteiger partial charge in [0.25, 0.3) is 10.0 Å². The summed E-state index contributed by atoms with van der Waals surface area (Å²) in [5, 5.41) is 5.02. The normalized spacial score (nSPS) is 19.8. The summed E-state index contributed by atoms with van der Waals surface area (Å²) < 4.78 is 80.1. The van der Waals surface area contributed by atoms with Crippen LogP contribution in [0.1, 0.15) is 23.1 Å². The summed E-state index contributed by atoms with van der Waals surface area (Å²) in [7, 11) is -4.58. The molecule has 0 aliphatic carbocycles. The molecule has 0 aromatic heterocycles. The Hall–Kier alpha value is -2.66. The van der Waals surface area contributed by atoms with E-state index in [1.807, 2.05) is 12.5 Å². The van der Waals surface area contributed by atoms with Crippen LogP contribution in [0.3, 0.4) is 0 Å². The lowest BCUT2D eigenvalue weighted by atomic mass is 10.1. The second-order valence-electron chi connectivity index (χ2n) is 8.07. The molecule has 0 fully saturated rings. The molecule has 178 valence electrons. The van der Waals surface area contributed by atoms with Crippen molar-refractivity contribution in [1.82, 2.24) is 5.32 Å². The number of benzene rings is 2. The lowest BCUT2D eigenvalue weighted by molar-refractivity contribution is -0.137. The number of ether oxygens (including phenoxy) is 2. The van der Waals surface area contributed by atoms with E-state index in [1.54, 1.807) is 11.5 Å². The van der Waals surface area contributed by atoms with Crippen LogP contribution in [0.25, 0.3) is 5.70 Å². The first kappa shape index (κ1) is 23.5. The summed E-state index contributed by atoms with van der Waals surface area (Å²) in [5.74, 6) is 0.566. The fourth-order valence-electron chi connectivity index (χ4n) is 3.61. The SMILES string of the molecule is COc1cc(C(F)(F)F)ccc1C1=CS(C)(C)/C(=N/S(=O)(=O)c2ccc3c(c2)OCCC3)N1. The van der Waals surface area contributed by atoms with Crippen molar-refractivity contribution in [2.75, 3.05) is 26.2 Å². The van der Waals surface area contributed by atoms with Gasteiger partial charge in [-0.15, -0.1) is 4.40 Å². The topological polar surface area (TPSA) is 77.0 Å². The zero-order chi connectivity index (χ0) is 24.0. The highest BCUT2D eigenvalue weighted by atomic mass is 32.3. The van der Waals surface area contributed by atoms with Crippen LogP contribution in [0.15, 0.2) is 51.1 Å². The van der Waals surface area contributed by atoms with Crippen molar-refractivity contribution in [2.24, 2.45) is 4.40 Å². The molecule has 0 spiro atoms. The number of fused-ring (bicyclic) bond motifs is 1. The summed E-state index contributed by atoms with van der Waals surface area (Å²) in [6.07, 6.45) is 0.880. The maximum Gasteiger partial charge on any atom is 0.416 e. The molecule has 0 saturated heterocycles. The standard InChI is InChI=1S/C22H23F3N2O4S2/c1-30-20-11-15(22(23,24)25)7-9-17(20)18-13-32(2,3)21(26-18)27-33(28,29)16-8-6-14-5-4-10-31-19(14)12-16/h6-9,11-13H,4-5,10H2,1-3H3,(H,26,27). The van der Waals surface area contributed by atoms with Crippen LogP contribution in [0.2, 0.25) is 0 Å².